The number of imide groups is 1. The SMILES string of the molecule is COC(=O)c1c(N2C(=O)[C@H]3[C@H](C2=O)[C@H]2CC[C@H]3O2)sc2c1CCCCCC2. The van der Waals surface area contributed by atoms with Gasteiger partial charge in [0.1, 0.15) is 5.00 Å². The van der Waals surface area contributed by atoms with Crippen molar-refractivity contribution in [1.82, 2.24) is 0 Å². The van der Waals surface area contributed by atoms with E-state index in [1.165, 1.54) is 29.8 Å². The molecule has 0 aromatic carbocycles. The lowest BCUT2D eigenvalue weighted by molar-refractivity contribution is -0.124. The molecule has 6 nitrogen and oxygen atoms in total. The van der Waals surface area contributed by atoms with Crippen LogP contribution < -0.4 is 4.90 Å². The summed E-state index contributed by atoms with van der Waals surface area (Å²) < 4.78 is 10.9. The molecule has 144 valence electrons. The number of thiophene rings is 1. The first-order valence-electron chi connectivity index (χ1n) is 9.88. The van der Waals surface area contributed by atoms with E-state index >= 15 is 0 Å². The van der Waals surface area contributed by atoms with Crippen molar-refractivity contribution in [1.29, 1.82) is 0 Å². The second-order valence-electron chi connectivity index (χ2n) is 7.94. The first kappa shape index (κ1) is 17.4. The lowest BCUT2D eigenvalue weighted by Gasteiger charge is -2.17. The predicted octanol–water partition coefficient (Wildman–Crippen LogP) is 2.86. The molecule has 4 aliphatic rings. The van der Waals surface area contributed by atoms with Crippen LogP contribution in [0.2, 0.25) is 0 Å². The van der Waals surface area contributed by atoms with Gasteiger partial charge in [0, 0.05) is 4.88 Å². The zero-order chi connectivity index (χ0) is 18.7. The van der Waals surface area contributed by atoms with E-state index in [0.29, 0.717) is 10.6 Å². The van der Waals surface area contributed by atoms with Crippen LogP contribution in [0.3, 0.4) is 0 Å². The maximum absolute atomic E-state index is 13.2. The van der Waals surface area contributed by atoms with Gasteiger partial charge in [0.05, 0.1) is 36.7 Å². The van der Waals surface area contributed by atoms with Crippen LogP contribution in [-0.2, 0) is 31.9 Å². The molecule has 4 atom stereocenters. The molecule has 5 rings (SSSR count). The lowest BCUT2D eigenvalue weighted by Crippen LogP contribution is -2.34. The number of nitrogens with zero attached hydrogens (tertiary/aromatic N) is 1. The number of carbonyl (C=O) groups is 3. The van der Waals surface area contributed by atoms with Gasteiger partial charge in [-0.15, -0.1) is 11.3 Å². The van der Waals surface area contributed by atoms with Crippen LogP contribution in [0, 0.1) is 11.8 Å². The molecular weight excluding hydrogens is 366 g/mol. The minimum absolute atomic E-state index is 0.149. The normalized spacial score (nSPS) is 32.3. The topological polar surface area (TPSA) is 72.9 Å². The van der Waals surface area contributed by atoms with E-state index in [1.54, 1.807) is 0 Å². The molecule has 1 aliphatic carbocycles. The zero-order valence-electron chi connectivity index (χ0n) is 15.4. The van der Waals surface area contributed by atoms with Gasteiger partial charge in [-0.25, -0.2) is 9.69 Å². The second kappa shape index (κ2) is 6.41. The van der Waals surface area contributed by atoms with Crippen molar-refractivity contribution in [3.8, 4) is 0 Å². The smallest absolute Gasteiger partial charge is 0.341 e. The standard InChI is InChI=1S/C20H23NO5S/c1-25-20(24)14-10-6-4-2-3-5-7-13(10)27-19(14)21-17(22)15-11-8-9-12(26-11)16(15)18(21)23/h11-12,15-16H,2-9H2,1H3/t11-,12-,15-,16-/m1/s1. The number of hydrogen-bond acceptors (Lipinski definition) is 6. The number of aryl methyl sites for hydroxylation is 1. The van der Waals surface area contributed by atoms with E-state index in [4.69, 9.17) is 9.47 Å². The molecule has 7 heteroatoms. The van der Waals surface area contributed by atoms with E-state index < -0.39 is 5.97 Å². The molecule has 0 unspecified atom stereocenters. The maximum Gasteiger partial charge on any atom is 0.341 e. The van der Waals surface area contributed by atoms with E-state index in [2.05, 4.69) is 0 Å². The summed E-state index contributed by atoms with van der Waals surface area (Å²) in [4.78, 5) is 41.4. The molecule has 1 aromatic heterocycles. The third-order valence-electron chi connectivity index (χ3n) is 6.53. The highest BCUT2D eigenvalue weighted by atomic mass is 32.1. The number of esters is 1. The summed E-state index contributed by atoms with van der Waals surface area (Å²) >= 11 is 1.44. The largest absolute Gasteiger partial charge is 0.465 e. The third-order valence-corrected chi connectivity index (χ3v) is 7.81. The molecule has 0 spiro atoms. The fraction of sp³-hybridized carbons (Fsp3) is 0.650. The van der Waals surface area contributed by atoms with Crippen molar-refractivity contribution in [2.45, 2.75) is 63.6 Å². The molecule has 2 amide bonds. The number of carbonyl (C=O) groups excluding carboxylic acids is 3. The number of amides is 2. The van der Waals surface area contributed by atoms with Crippen LogP contribution >= 0.6 is 11.3 Å². The van der Waals surface area contributed by atoms with Crippen molar-refractivity contribution < 1.29 is 23.9 Å². The van der Waals surface area contributed by atoms with E-state index in [1.807, 2.05) is 0 Å². The van der Waals surface area contributed by atoms with Crippen molar-refractivity contribution in [2.24, 2.45) is 11.8 Å². The van der Waals surface area contributed by atoms with Crippen LogP contribution in [0.1, 0.15) is 59.3 Å². The van der Waals surface area contributed by atoms with Crippen LogP contribution in [0.5, 0.6) is 0 Å². The van der Waals surface area contributed by atoms with E-state index in [-0.39, 0.29) is 35.9 Å². The number of methoxy groups -OCH3 is 1. The Hall–Kier alpha value is -1.73. The Kier molecular flexibility index (Phi) is 4.13. The van der Waals surface area contributed by atoms with Gasteiger partial charge in [0.25, 0.3) is 0 Å². The summed E-state index contributed by atoms with van der Waals surface area (Å²) in [6.07, 6.45) is 7.46. The molecule has 2 bridgehead atoms. The Balaban J connectivity index is 1.60. The number of rotatable bonds is 2. The monoisotopic (exact) mass is 389 g/mol. The molecule has 0 N–H and O–H groups in total. The Morgan fingerprint density at radius 1 is 1.04 bits per heavy atom. The maximum atomic E-state index is 13.2. The lowest BCUT2D eigenvalue weighted by atomic mass is 9.81. The highest BCUT2D eigenvalue weighted by molar-refractivity contribution is 7.17. The van der Waals surface area contributed by atoms with Crippen LogP contribution in [0.4, 0.5) is 5.00 Å². The summed E-state index contributed by atoms with van der Waals surface area (Å²) in [7, 11) is 1.36. The molecule has 3 aliphatic heterocycles. The minimum atomic E-state index is -0.444. The Morgan fingerprint density at radius 2 is 1.67 bits per heavy atom. The van der Waals surface area contributed by atoms with Crippen LogP contribution in [-0.4, -0.2) is 37.1 Å². The van der Waals surface area contributed by atoms with Gasteiger partial charge in [-0.1, -0.05) is 12.8 Å². The van der Waals surface area contributed by atoms with Gasteiger partial charge in [-0.05, 0) is 44.1 Å². The van der Waals surface area contributed by atoms with Crippen molar-refractivity contribution >= 4 is 34.1 Å². The first-order valence-corrected chi connectivity index (χ1v) is 10.7. The average Bonchev–Trinajstić information content (AvgIpc) is 3.38. The molecule has 3 fully saturated rings. The van der Waals surface area contributed by atoms with Crippen LogP contribution in [0.25, 0.3) is 0 Å². The highest BCUT2D eigenvalue weighted by Crippen LogP contribution is 2.51. The molecule has 0 radical (unpaired) electrons. The van der Waals surface area contributed by atoms with Crippen molar-refractivity contribution in [3.63, 3.8) is 0 Å². The molecule has 27 heavy (non-hydrogen) atoms. The predicted molar refractivity (Wildman–Crippen MR) is 98.9 cm³/mol. The number of hydrogen-bond donors (Lipinski definition) is 0. The van der Waals surface area contributed by atoms with Gasteiger partial charge in [-0.3, -0.25) is 9.59 Å². The summed E-state index contributed by atoms with van der Waals surface area (Å²) in [6.45, 7) is 0. The number of ether oxygens (including phenoxy) is 2. The summed E-state index contributed by atoms with van der Waals surface area (Å²) in [5.74, 6) is -1.61. The molecule has 0 saturated carbocycles. The van der Waals surface area contributed by atoms with Gasteiger partial charge in [0.15, 0.2) is 0 Å². The van der Waals surface area contributed by atoms with E-state index in [9.17, 15) is 14.4 Å². The van der Waals surface area contributed by atoms with Crippen molar-refractivity contribution in [3.05, 3.63) is 16.0 Å². The Morgan fingerprint density at radius 3 is 2.30 bits per heavy atom. The molecular formula is C20H23NO5S. The zero-order valence-corrected chi connectivity index (χ0v) is 16.2. The average molecular weight is 389 g/mol. The van der Waals surface area contributed by atoms with Gasteiger partial charge in [0.2, 0.25) is 11.8 Å². The van der Waals surface area contributed by atoms with Gasteiger partial charge >= 0.3 is 5.97 Å². The number of anilines is 1. The summed E-state index contributed by atoms with van der Waals surface area (Å²) in [6, 6.07) is 0. The highest BCUT2D eigenvalue weighted by Gasteiger charge is 2.63. The number of fused-ring (bicyclic) bond motifs is 6. The Labute approximate surface area is 161 Å². The van der Waals surface area contributed by atoms with E-state index in [0.717, 1.165) is 55.4 Å². The third kappa shape index (κ3) is 2.44. The molecule has 3 saturated heterocycles. The summed E-state index contributed by atoms with van der Waals surface area (Å²) in [5, 5.41) is 0.484. The Bertz CT molecular complexity index is 803. The van der Waals surface area contributed by atoms with Gasteiger partial charge in [-0.2, -0.15) is 0 Å². The molecule has 1 aromatic rings. The van der Waals surface area contributed by atoms with Gasteiger partial charge < -0.3 is 9.47 Å². The van der Waals surface area contributed by atoms with Crippen LogP contribution in [0.15, 0.2) is 0 Å². The quantitative estimate of drug-likeness (QED) is 0.574. The fourth-order valence-corrected chi connectivity index (χ4v) is 6.67. The second-order valence-corrected chi connectivity index (χ2v) is 9.03. The first-order chi connectivity index (χ1) is 13.1. The fourth-order valence-electron chi connectivity index (χ4n) is 5.29. The van der Waals surface area contributed by atoms with Crippen molar-refractivity contribution in [2.75, 3.05) is 12.0 Å². The summed E-state index contributed by atoms with van der Waals surface area (Å²) in [5.41, 5.74) is 1.42. The molecule has 4 heterocycles. The minimum Gasteiger partial charge on any atom is -0.465 e.